The molecule has 0 unspecified atom stereocenters. The second-order valence-electron chi connectivity index (χ2n) is 17.7. The number of carboxylic acids is 3. The number of nitrogens with zero attached hydrogens (tertiary/aromatic N) is 2. The van der Waals surface area contributed by atoms with E-state index < -0.39 is 47.3 Å². The van der Waals surface area contributed by atoms with E-state index in [9.17, 15) is 43.5 Å². The van der Waals surface area contributed by atoms with Crippen LogP contribution in [0.2, 0.25) is 0 Å². The highest BCUT2D eigenvalue weighted by Crippen LogP contribution is 2.15. The molecule has 0 aromatic carbocycles. The number of ether oxygens (including phenoxy) is 2. The molecule has 0 aliphatic carbocycles. The molecule has 62 heavy (non-hydrogen) atoms. The highest BCUT2D eigenvalue weighted by Gasteiger charge is 2.25. The summed E-state index contributed by atoms with van der Waals surface area (Å²) in [6, 6.07) is -1.19. The Kier molecular flexibility index (Phi) is 30.5. The van der Waals surface area contributed by atoms with Gasteiger partial charge in [0.05, 0.1) is 6.42 Å². The third kappa shape index (κ3) is 35.0. The normalized spacial score (nSPS) is 11.8. The van der Waals surface area contributed by atoms with Crippen molar-refractivity contribution < 1.29 is 63.1 Å². The number of hydrogen-bond donors (Lipinski definition) is 6. The second kappa shape index (κ2) is 33.0. The molecule has 0 saturated carbocycles. The molecule has 0 bridgehead atoms. The number of carboxylic acid groups (broad SMARTS) is 3. The Morgan fingerprint density at radius 3 is 1.21 bits per heavy atom. The Balaban J connectivity index is 4.75. The zero-order valence-electron chi connectivity index (χ0n) is 38.5. The van der Waals surface area contributed by atoms with E-state index in [4.69, 9.17) is 19.7 Å². The standard InChI is InChI=1S/C44H79N5O13/c1-43(2,3)61-41(59)48(30-18-19-31-49(42(60)62-44(4,5)6)33-21-29-46-36(51)26-27-39(55)56)32-20-28-45-35(50)25-24-34(40(57)58)47-37(52)22-16-14-12-10-8-7-9-11-13-15-17-23-38(53)54/h34H,7-33H2,1-6H3,(H,45,50)(H,46,51)(H,47,52)(H,53,54)(H,55,56)(H,57,58)/t34-/m0/s1. The van der Waals surface area contributed by atoms with E-state index in [-0.39, 0.29) is 82.4 Å². The molecule has 0 aromatic rings. The van der Waals surface area contributed by atoms with Gasteiger partial charge in [0.1, 0.15) is 17.2 Å². The van der Waals surface area contributed by atoms with Gasteiger partial charge < -0.3 is 50.5 Å². The molecule has 0 radical (unpaired) electrons. The molecule has 18 heteroatoms. The molecule has 0 spiro atoms. The Morgan fingerprint density at radius 2 is 0.823 bits per heavy atom. The van der Waals surface area contributed by atoms with Crippen LogP contribution in [-0.2, 0) is 38.2 Å². The van der Waals surface area contributed by atoms with Gasteiger partial charge in [-0.15, -0.1) is 0 Å². The molecule has 6 N–H and O–H groups in total. The number of unbranched alkanes of at least 4 members (excludes halogenated alkanes) is 11. The predicted molar refractivity (Wildman–Crippen MR) is 233 cm³/mol. The summed E-state index contributed by atoms with van der Waals surface area (Å²) < 4.78 is 11.2. The minimum absolute atomic E-state index is 0.0712. The first-order chi connectivity index (χ1) is 29.1. The number of aliphatic carboxylic acids is 3. The Labute approximate surface area is 369 Å². The van der Waals surface area contributed by atoms with Gasteiger partial charge in [-0.2, -0.15) is 0 Å². The van der Waals surface area contributed by atoms with Gasteiger partial charge in [-0.3, -0.25) is 24.0 Å². The van der Waals surface area contributed by atoms with Crippen molar-refractivity contribution in [1.82, 2.24) is 25.8 Å². The third-order valence-corrected chi connectivity index (χ3v) is 9.42. The molecule has 0 aromatic heterocycles. The van der Waals surface area contributed by atoms with Crippen molar-refractivity contribution in [2.24, 2.45) is 0 Å². The third-order valence-electron chi connectivity index (χ3n) is 9.42. The maximum Gasteiger partial charge on any atom is 0.410 e. The van der Waals surface area contributed by atoms with Crippen LogP contribution in [0, 0.1) is 0 Å². The van der Waals surface area contributed by atoms with Crippen LogP contribution in [0.3, 0.4) is 0 Å². The lowest BCUT2D eigenvalue weighted by atomic mass is 10.0. The van der Waals surface area contributed by atoms with E-state index in [1.165, 1.54) is 9.80 Å². The summed E-state index contributed by atoms with van der Waals surface area (Å²) in [5, 5.41) is 35.0. The maximum absolute atomic E-state index is 13.1. The minimum atomic E-state index is -1.21. The summed E-state index contributed by atoms with van der Waals surface area (Å²) in [5.41, 5.74) is -1.47. The van der Waals surface area contributed by atoms with Crippen molar-refractivity contribution >= 4 is 47.8 Å². The Bertz CT molecular complexity index is 1360. The summed E-state index contributed by atoms with van der Waals surface area (Å²) in [6.45, 7) is 12.2. The van der Waals surface area contributed by atoms with E-state index in [1.807, 2.05) is 0 Å². The van der Waals surface area contributed by atoms with Gasteiger partial charge in [-0.05, 0) is 86.5 Å². The first-order valence-corrected chi connectivity index (χ1v) is 22.5. The van der Waals surface area contributed by atoms with E-state index in [0.717, 1.165) is 64.2 Å². The van der Waals surface area contributed by atoms with Crippen molar-refractivity contribution in [2.75, 3.05) is 39.3 Å². The number of carbonyl (C=O) groups is 8. The second-order valence-corrected chi connectivity index (χ2v) is 17.7. The molecule has 18 nitrogen and oxygen atoms in total. The summed E-state index contributed by atoms with van der Waals surface area (Å²) in [7, 11) is 0. The Hall–Kier alpha value is -4.64. The molecule has 0 aliphatic rings. The van der Waals surface area contributed by atoms with Crippen LogP contribution in [0.1, 0.15) is 176 Å². The van der Waals surface area contributed by atoms with E-state index in [1.54, 1.807) is 41.5 Å². The average Bonchev–Trinajstić information content (AvgIpc) is 3.15. The van der Waals surface area contributed by atoms with Crippen molar-refractivity contribution in [1.29, 1.82) is 0 Å². The van der Waals surface area contributed by atoms with Gasteiger partial charge in [-0.1, -0.05) is 57.8 Å². The topological polar surface area (TPSA) is 258 Å². The number of hydrogen-bond acceptors (Lipinski definition) is 10. The van der Waals surface area contributed by atoms with Crippen molar-refractivity contribution in [3.8, 4) is 0 Å². The first kappa shape index (κ1) is 57.4. The quantitative estimate of drug-likeness (QED) is 0.0366. The molecule has 1 atom stereocenters. The van der Waals surface area contributed by atoms with Crippen molar-refractivity contribution in [3.05, 3.63) is 0 Å². The predicted octanol–water partition coefficient (Wildman–Crippen LogP) is 6.62. The van der Waals surface area contributed by atoms with Crippen LogP contribution < -0.4 is 16.0 Å². The molecular weight excluding hydrogens is 807 g/mol. The fraction of sp³-hybridized carbons (Fsp3) is 0.818. The smallest absolute Gasteiger partial charge is 0.410 e. The maximum atomic E-state index is 13.1. The zero-order valence-corrected chi connectivity index (χ0v) is 38.5. The summed E-state index contributed by atoms with van der Waals surface area (Å²) >= 11 is 0. The molecular formula is C44H79N5O13. The molecule has 0 aliphatic heterocycles. The van der Waals surface area contributed by atoms with Gasteiger partial charge in [0.25, 0.3) is 0 Å². The molecule has 5 amide bonds. The highest BCUT2D eigenvalue weighted by atomic mass is 16.6. The Morgan fingerprint density at radius 1 is 0.452 bits per heavy atom. The van der Waals surface area contributed by atoms with Gasteiger partial charge in [0.15, 0.2) is 0 Å². The van der Waals surface area contributed by atoms with Crippen LogP contribution in [0.4, 0.5) is 9.59 Å². The van der Waals surface area contributed by atoms with Crippen LogP contribution in [0.15, 0.2) is 0 Å². The van der Waals surface area contributed by atoms with E-state index >= 15 is 0 Å². The number of rotatable bonds is 35. The SMILES string of the molecule is CC(C)(C)OC(=O)N(CCCCN(CCCNC(=O)CC[C@H](NC(=O)CCCCCCCCCCCCCC(=O)O)C(=O)O)C(=O)OC(C)(C)C)CCCNC(=O)CCC(=O)O. The number of carbonyl (C=O) groups excluding carboxylic acids is 5. The molecule has 0 saturated heterocycles. The fourth-order valence-corrected chi connectivity index (χ4v) is 6.19. The van der Waals surface area contributed by atoms with Gasteiger partial charge >= 0.3 is 30.1 Å². The van der Waals surface area contributed by atoms with Crippen LogP contribution in [0.25, 0.3) is 0 Å². The minimum Gasteiger partial charge on any atom is -0.481 e. The number of amides is 5. The van der Waals surface area contributed by atoms with Gasteiger partial charge in [0, 0.05) is 65.0 Å². The zero-order chi connectivity index (χ0) is 47.0. The van der Waals surface area contributed by atoms with Crippen molar-refractivity contribution in [3.63, 3.8) is 0 Å². The molecule has 0 heterocycles. The first-order valence-electron chi connectivity index (χ1n) is 22.5. The highest BCUT2D eigenvalue weighted by molar-refractivity contribution is 5.84. The molecule has 358 valence electrons. The largest absolute Gasteiger partial charge is 0.481 e. The molecule has 0 fully saturated rings. The van der Waals surface area contributed by atoms with Crippen LogP contribution in [0.5, 0.6) is 0 Å². The molecule has 0 rings (SSSR count). The van der Waals surface area contributed by atoms with Crippen LogP contribution >= 0.6 is 0 Å². The fourth-order valence-electron chi connectivity index (χ4n) is 6.19. The van der Waals surface area contributed by atoms with Crippen molar-refractivity contribution in [2.45, 2.75) is 194 Å². The summed E-state index contributed by atoms with van der Waals surface area (Å²) in [6.07, 6.45) is 11.5. The number of nitrogens with one attached hydrogen (secondary N) is 3. The van der Waals surface area contributed by atoms with E-state index in [0.29, 0.717) is 45.2 Å². The lowest BCUT2D eigenvalue weighted by molar-refractivity contribution is -0.142. The summed E-state index contributed by atoms with van der Waals surface area (Å²) in [4.78, 5) is 99.1. The van der Waals surface area contributed by atoms with Gasteiger partial charge in [0.2, 0.25) is 17.7 Å². The lowest BCUT2D eigenvalue weighted by Crippen LogP contribution is -2.42. The summed E-state index contributed by atoms with van der Waals surface area (Å²) in [5.74, 6) is -4.15. The monoisotopic (exact) mass is 886 g/mol. The average molecular weight is 886 g/mol. The lowest BCUT2D eigenvalue weighted by Gasteiger charge is -2.29. The van der Waals surface area contributed by atoms with Gasteiger partial charge in [-0.25, -0.2) is 14.4 Å². The van der Waals surface area contributed by atoms with E-state index in [2.05, 4.69) is 16.0 Å². The van der Waals surface area contributed by atoms with Crippen LogP contribution in [-0.4, -0.2) is 129 Å².